The van der Waals surface area contributed by atoms with Crippen LogP contribution in [-0.4, -0.2) is 19.5 Å². The molecule has 0 bridgehead atoms. The van der Waals surface area contributed by atoms with Crippen molar-refractivity contribution in [3.05, 3.63) is 59.7 Å². The summed E-state index contributed by atoms with van der Waals surface area (Å²) in [5.41, 5.74) is 5.19. The molecule has 2 aromatic rings. The Labute approximate surface area is 158 Å². The van der Waals surface area contributed by atoms with E-state index >= 15 is 0 Å². The van der Waals surface area contributed by atoms with Crippen molar-refractivity contribution in [3.8, 4) is 11.1 Å². The Bertz CT molecular complexity index is 637. The molecular formula is C24H32O2. The van der Waals surface area contributed by atoms with E-state index in [1.54, 1.807) is 0 Å². The molecule has 26 heavy (non-hydrogen) atoms. The molecule has 0 unspecified atom stereocenters. The lowest BCUT2D eigenvalue weighted by Crippen LogP contribution is -2.32. The molecule has 3 rings (SSSR count). The molecule has 140 valence electrons. The quantitative estimate of drug-likeness (QED) is 0.529. The van der Waals surface area contributed by atoms with Gasteiger partial charge >= 0.3 is 0 Å². The van der Waals surface area contributed by atoms with Gasteiger partial charge in [-0.05, 0) is 36.5 Å². The maximum atomic E-state index is 5.93. The maximum Gasteiger partial charge on any atom is 0.157 e. The van der Waals surface area contributed by atoms with Gasteiger partial charge in [-0.1, -0.05) is 80.3 Å². The van der Waals surface area contributed by atoms with Gasteiger partial charge in [0.1, 0.15) is 0 Å². The molecule has 0 amide bonds. The van der Waals surface area contributed by atoms with Gasteiger partial charge in [-0.15, -0.1) is 0 Å². The highest BCUT2D eigenvalue weighted by Gasteiger charge is 2.21. The SMILES string of the molecule is CCCCCC1COC(CCc2ccc(-c3ccc(C)cc3)cc2)OC1. The summed E-state index contributed by atoms with van der Waals surface area (Å²) in [6.45, 7) is 6.09. The fourth-order valence-electron chi connectivity index (χ4n) is 3.49. The molecule has 2 heteroatoms. The van der Waals surface area contributed by atoms with Crippen LogP contribution in [0, 0.1) is 12.8 Å². The van der Waals surface area contributed by atoms with Gasteiger partial charge in [0.05, 0.1) is 13.2 Å². The average molecular weight is 353 g/mol. The van der Waals surface area contributed by atoms with Crippen molar-refractivity contribution >= 4 is 0 Å². The van der Waals surface area contributed by atoms with Crippen molar-refractivity contribution in [3.63, 3.8) is 0 Å². The van der Waals surface area contributed by atoms with Gasteiger partial charge in [0.2, 0.25) is 0 Å². The Morgan fingerprint density at radius 2 is 1.42 bits per heavy atom. The molecule has 0 radical (unpaired) electrons. The first-order chi connectivity index (χ1) is 12.7. The van der Waals surface area contributed by atoms with Crippen LogP contribution in [0.5, 0.6) is 0 Å². The largest absolute Gasteiger partial charge is 0.352 e. The number of ether oxygens (including phenoxy) is 2. The lowest BCUT2D eigenvalue weighted by atomic mass is 10.0. The number of hydrogen-bond acceptors (Lipinski definition) is 2. The summed E-state index contributed by atoms with van der Waals surface area (Å²) >= 11 is 0. The molecular weight excluding hydrogens is 320 g/mol. The second-order valence-corrected chi connectivity index (χ2v) is 7.56. The minimum atomic E-state index is -0.0331. The summed E-state index contributed by atoms with van der Waals surface area (Å²) in [6, 6.07) is 17.6. The molecule has 1 aliphatic heterocycles. The molecule has 0 aliphatic carbocycles. The summed E-state index contributed by atoms with van der Waals surface area (Å²) < 4.78 is 11.9. The Balaban J connectivity index is 1.42. The van der Waals surface area contributed by atoms with Crippen LogP contribution in [0.15, 0.2) is 48.5 Å². The van der Waals surface area contributed by atoms with E-state index in [2.05, 4.69) is 62.4 Å². The molecule has 1 saturated heterocycles. The predicted octanol–water partition coefficient (Wildman–Crippen LogP) is 6.16. The Morgan fingerprint density at radius 1 is 0.808 bits per heavy atom. The van der Waals surface area contributed by atoms with Gasteiger partial charge in [0.15, 0.2) is 6.29 Å². The van der Waals surface area contributed by atoms with E-state index in [4.69, 9.17) is 9.47 Å². The summed E-state index contributed by atoms with van der Waals surface area (Å²) in [4.78, 5) is 0. The number of benzene rings is 2. The number of aryl methyl sites for hydroxylation is 2. The van der Waals surface area contributed by atoms with E-state index in [9.17, 15) is 0 Å². The number of rotatable bonds is 8. The van der Waals surface area contributed by atoms with Crippen LogP contribution in [-0.2, 0) is 15.9 Å². The summed E-state index contributed by atoms with van der Waals surface area (Å²) in [5, 5.41) is 0. The Hall–Kier alpha value is -1.64. The van der Waals surface area contributed by atoms with Gasteiger partial charge in [-0.3, -0.25) is 0 Å². The molecule has 0 N–H and O–H groups in total. The average Bonchev–Trinajstić information content (AvgIpc) is 2.69. The Kier molecular flexibility index (Phi) is 7.28. The van der Waals surface area contributed by atoms with Crippen LogP contribution in [0.4, 0.5) is 0 Å². The van der Waals surface area contributed by atoms with Gasteiger partial charge in [-0.2, -0.15) is 0 Å². The van der Waals surface area contributed by atoms with E-state index in [1.165, 1.54) is 47.9 Å². The van der Waals surface area contributed by atoms with Crippen molar-refractivity contribution in [1.29, 1.82) is 0 Å². The van der Waals surface area contributed by atoms with Crippen LogP contribution in [0.1, 0.15) is 50.2 Å². The fourth-order valence-corrected chi connectivity index (χ4v) is 3.49. The molecule has 1 aliphatic rings. The lowest BCUT2D eigenvalue weighted by molar-refractivity contribution is -0.203. The standard InChI is InChI=1S/C24H32O2/c1-3-4-5-6-21-17-25-24(26-18-21)16-11-20-9-14-23(15-10-20)22-12-7-19(2)8-13-22/h7-10,12-15,21,24H,3-6,11,16-18H2,1-2H3. The van der Waals surface area contributed by atoms with E-state index in [0.717, 1.165) is 26.1 Å². The van der Waals surface area contributed by atoms with Crippen molar-refractivity contribution in [1.82, 2.24) is 0 Å². The molecule has 0 spiro atoms. The van der Waals surface area contributed by atoms with E-state index in [0.29, 0.717) is 5.92 Å². The summed E-state index contributed by atoms with van der Waals surface area (Å²) in [5.74, 6) is 0.589. The first-order valence-corrected chi connectivity index (χ1v) is 10.1. The fraction of sp³-hybridized carbons (Fsp3) is 0.500. The lowest BCUT2D eigenvalue weighted by Gasteiger charge is -2.29. The number of hydrogen-bond donors (Lipinski definition) is 0. The van der Waals surface area contributed by atoms with Gasteiger partial charge < -0.3 is 9.47 Å². The zero-order chi connectivity index (χ0) is 18.2. The second-order valence-electron chi connectivity index (χ2n) is 7.56. The smallest absolute Gasteiger partial charge is 0.157 e. The molecule has 0 atom stereocenters. The highest BCUT2D eigenvalue weighted by molar-refractivity contribution is 5.63. The highest BCUT2D eigenvalue weighted by atomic mass is 16.7. The third-order valence-corrected chi connectivity index (χ3v) is 5.26. The topological polar surface area (TPSA) is 18.5 Å². The first-order valence-electron chi connectivity index (χ1n) is 10.1. The minimum Gasteiger partial charge on any atom is -0.352 e. The van der Waals surface area contributed by atoms with Crippen molar-refractivity contribution in [2.75, 3.05) is 13.2 Å². The third-order valence-electron chi connectivity index (χ3n) is 5.26. The maximum absolute atomic E-state index is 5.93. The molecule has 0 saturated carbocycles. The van der Waals surface area contributed by atoms with E-state index < -0.39 is 0 Å². The van der Waals surface area contributed by atoms with Crippen LogP contribution in [0.25, 0.3) is 11.1 Å². The molecule has 2 nitrogen and oxygen atoms in total. The molecule has 1 fully saturated rings. The second kappa shape index (κ2) is 9.89. The van der Waals surface area contributed by atoms with Crippen LogP contribution in [0.3, 0.4) is 0 Å². The zero-order valence-electron chi connectivity index (χ0n) is 16.2. The van der Waals surface area contributed by atoms with Gasteiger partial charge in [0.25, 0.3) is 0 Å². The number of unbranched alkanes of at least 4 members (excludes halogenated alkanes) is 2. The summed E-state index contributed by atoms with van der Waals surface area (Å²) in [6.07, 6.45) is 7.03. The predicted molar refractivity (Wildman–Crippen MR) is 108 cm³/mol. The van der Waals surface area contributed by atoms with Crippen molar-refractivity contribution in [2.45, 2.75) is 58.7 Å². The van der Waals surface area contributed by atoms with Crippen LogP contribution >= 0.6 is 0 Å². The zero-order valence-corrected chi connectivity index (χ0v) is 16.2. The monoisotopic (exact) mass is 352 g/mol. The van der Waals surface area contributed by atoms with Gasteiger partial charge in [-0.25, -0.2) is 0 Å². The molecule has 0 aromatic heterocycles. The van der Waals surface area contributed by atoms with Crippen molar-refractivity contribution < 1.29 is 9.47 Å². The summed E-state index contributed by atoms with van der Waals surface area (Å²) in [7, 11) is 0. The Morgan fingerprint density at radius 3 is 2.04 bits per heavy atom. The van der Waals surface area contributed by atoms with Crippen molar-refractivity contribution in [2.24, 2.45) is 5.92 Å². The minimum absolute atomic E-state index is 0.0331. The molecule has 2 aromatic carbocycles. The van der Waals surface area contributed by atoms with E-state index in [-0.39, 0.29) is 6.29 Å². The normalized spacial score (nSPS) is 20.2. The van der Waals surface area contributed by atoms with Crippen LogP contribution in [0.2, 0.25) is 0 Å². The van der Waals surface area contributed by atoms with E-state index in [1.807, 2.05) is 0 Å². The van der Waals surface area contributed by atoms with Crippen LogP contribution < -0.4 is 0 Å². The van der Waals surface area contributed by atoms with Gasteiger partial charge in [0, 0.05) is 12.3 Å². The molecule has 1 heterocycles. The third kappa shape index (κ3) is 5.69. The first kappa shape index (κ1) is 19.1. The highest BCUT2D eigenvalue weighted by Crippen LogP contribution is 2.23.